The van der Waals surface area contributed by atoms with Crippen LogP contribution in [-0.4, -0.2) is 42.1 Å². The smallest absolute Gasteiger partial charge is 0.329 e. The number of thioether (sulfide) groups is 1. The summed E-state index contributed by atoms with van der Waals surface area (Å²) in [4.78, 5) is 36.1. The summed E-state index contributed by atoms with van der Waals surface area (Å²) in [6.07, 6.45) is 1.19. The van der Waals surface area contributed by atoms with Gasteiger partial charge in [0.25, 0.3) is 5.91 Å². The van der Waals surface area contributed by atoms with E-state index in [1.165, 1.54) is 18.7 Å². The number of benzene rings is 2. The Balaban J connectivity index is 2.05. The van der Waals surface area contributed by atoms with Crippen LogP contribution in [0.3, 0.4) is 0 Å². The topological polar surface area (TPSA) is 111 Å². The summed E-state index contributed by atoms with van der Waals surface area (Å²) in [6.45, 7) is 1.48. The van der Waals surface area contributed by atoms with Crippen LogP contribution in [0.2, 0.25) is 0 Å². The van der Waals surface area contributed by atoms with Crippen LogP contribution >= 0.6 is 11.8 Å². The zero-order chi connectivity index (χ0) is 21.2. The third-order valence-corrected chi connectivity index (χ3v) is 4.79. The van der Waals surface area contributed by atoms with Crippen molar-refractivity contribution in [2.24, 2.45) is 5.73 Å². The summed E-state index contributed by atoms with van der Waals surface area (Å²) >= 11 is 1.52. The Kier molecular flexibility index (Phi) is 8.54. The number of primary amides is 1. The lowest BCUT2D eigenvalue weighted by molar-refractivity contribution is -0.155. The molecule has 0 saturated carbocycles. The van der Waals surface area contributed by atoms with Gasteiger partial charge in [-0.05, 0) is 37.0 Å². The summed E-state index contributed by atoms with van der Waals surface area (Å²) in [6, 6.07) is 15.3. The summed E-state index contributed by atoms with van der Waals surface area (Å²) in [5.41, 5.74) is 7.54. The van der Waals surface area contributed by atoms with Crippen molar-refractivity contribution in [3.63, 3.8) is 0 Å². The van der Waals surface area contributed by atoms with Crippen LogP contribution in [0.25, 0.3) is 11.1 Å². The maximum atomic E-state index is 12.6. The number of nitrogens with one attached hydrogen (secondary N) is 2. The molecule has 0 fully saturated rings. The highest BCUT2D eigenvalue weighted by Crippen LogP contribution is 2.27. The van der Waals surface area contributed by atoms with E-state index in [1.807, 2.05) is 54.8 Å². The first-order valence-electron chi connectivity index (χ1n) is 9.13. The standard InChI is InChI=1S/C21H25N3O4S/c1-14(28-20(26)18(12-13-29-2)24-21(22)27)19(25)23-17-11-7-6-10-16(17)15-8-4-3-5-9-15/h3-11,14,18H,12-13H2,1-2H3,(H,23,25)(H3,22,24,27)/t14-,18+/m0/s1. The van der Waals surface area contributed by atoms with Crippen LogP contribution < -0.4 is 16.4 Å². The van der Waals surface area contributed by atoms with Gasteiger partial charge in [-0.25, -0.2) is 9.59 Å². The van der Waals surface area contributed by atoms with Crippen molar-refractivity contribution in [3.05, 3.63) is 54.6 Å². The molecule has 2 atom stereocenters. The van der Waals surface area contributed by atoms with Gasteiger partial charge in [0, 0.05) is 11.3 Å². The molecule has 0 aliphatic carbocycles. The van der Waals surface area contributed by atoms with Crippen LogP contribution in [0, 0.1) is 0 Å². The van der Waals surface area contributed by atoms with Gasteiger partial charge in [0.15, 0.2) is 6.10 Å². The number of esters is 1. The first-order valence-corrected chi connectivity index (χ1v) is 10.5. The lowest BCUT2D eigenvalue weighted by atomic mass is 10.0. The van der Waals surface area contributed by atoms with Crippen LogP contribution in [0.1, 0.15) is 13.3 Å². The maximum absolute atomic E-state index is 12.6. The molecule has 0 unspecified atom stereocenters. The normalized spacial score (nSPS) is 12.5. The van der Waals surface area contributed by atoms with Gasteiger partial charge in [-0.1, -0.05) is 48.5 Å². The third-order valence-electron chi connectivity index (χ3n) is 4.14. The largest absolute Gasteiger partial charge is 0.451 e. The molecule has 2 aromatic rings. The lowest BCUT2D eigenvalue weighted by Gasteiger charge is -2.20. The number of anilines is 1. The highest BCUT2D eigenvalue weighted by atomic mass is 32.2. The zero-order valence-electron chi connectivity index (χ0n) is 16.4. The Morgan fingerprint density at radius 2 is 1.72 bits per heavy atom. The minimum atomic E-state index is -1.04. The molecule has 154 valence electrons. The second kappa shape index (κ2) is 11.1. The first-order chi connectivity index (χ1) is 13.9. The molecule has 0 aliphatic rings. The van der Waals surface area contributed by atoms with Gasteiger partial charge < -0.3 is 21.1 Å². The van der Waals surface area contributed by atoms with Gasteiger partial charge in [0.05, 0.1) is 0 Å². The Morgan fingerprint density at radius 1 is 1.07 bits per heavy atom. The SMILES string of the molecule is CSCC[C@@H](NC(N)=O)C(=O)O[C@@H](C)C(=O)Nc1ccccc1-c1ccccc1. The predicted octanol–water partition coefficient (Wildman–Crippen LogP) is 3.01. The number of carbonyl (C=O) groups excluding carboxylic acids is 3. The van der Waals surface area contributed by atoms with E-state index in [4.69, 9.17) is 10.5 Å². The Bertz CT molecular complexity index is 845. The van der Waals surface area contributed by atoms with Gasteiger partial charge in [-0.2, -0.15) is 11.8 Å². The monoisotopic (exact) mass is 415 g/mol. The first kappa shape index (κ1) is 22.3. The molecule has 2 rings (SSSR count). The molecule has 0 saturated heterocycles. The van der Waals surface area contributed by atoms with E-state index in [0.717, 1.165) is 11.1 Å². The number of para-hydroxylation sites is 1. The van der Waals surface area contributed by atoms with Gasteiger partial charge >= 0.3 is 12.0 Å². The highest BCUT2D eigenvalue weighted by molar-refractivity contribution is 7.98. The van der Waals surface area contributed by atoms with Crippen molar-refractivity contribution in [1.29, 1.82) is 0 Å². The molecule has 0 heterocycles. The second-order valence-corrected chi connectivity index (χ2v) is 7.31. The van der Waals surface area contributed by atoms with Crippen LogP contribution in [0.15, 0.2) is 54.6 Å². The number of urea groups is 1. The van der Waals surface area contributed by atoms with E-state index >= 15 is 0 Å². The fraction of sp³-hybridized carbons (Fsp3) is 0.286. The molecule has 0 spiro atoms. The summed E-state index contributed by atoms with van der Waals surface area (Å²) < 4.78 is 5.26. The molecule has 4 N–H and O–H groups in total. The van der Waals surface area contributed by atoms with Crippen LogP contribution in [0.4, 0.5) is 10.5 Å². The van der Waals surface area contributed by atoms with Crippen molar-refractivity contribution in [2.45, 2.75) is 25.5 Å². The van der Waals surface area contributed by atoms with Gasteiger partial charge in [-0.3, -0.25) is 4.79 Å². The van der Waals surface area contributed by atoms with E-state index in [2.05, 4.69) is 10.6 Å². The number of carbonyl (C=O) groups is 3. The molecule has 2 aromatic carbocycles. The summed E-state index contributed by atoms with van der Waals surface area (Å²) in [5.74, 6) is -0.535. The molecule has 7 nitrogen and oxygen atoms in total. The molecule has 0 aromatic heterocycles. The van der Waals surface area contributed by atoms with Crippen LogP contribution in [0.5, 0.6) is 0 Å². The molecule has 8 heteroatoms. The number of ether oxygens (including phenoxy) is 1. The molecule has 0 radical (unpaired) electrons. The van der Waals surface area contributed by atoms with Gasteiger partial charge in [0.1, 0.15) is 6.04 Å². The highest BCUT2D eigenvalue weighted by Gasteiger charge is 2.26. The Hall–Kier alpha value is -3.00. The summed E-state index contributed by atoms with van der Waals surface area (Å²) in [7, 11) is 0. The number of hydrogen-bond acceptors (Lipinski definition) is 5. The van der Waals surface area contributed by atoms with Crippen molar-refractivity contribution < 1.29 is 19.1 Å². The molecular weight excluding hydrogens is 390 g/mol. The minimum absolute atomic E-state index is 0.355. The van der Waals surface area contributed by atoms with E-state index < -0.39 is 30.1 Å². The van der Waals surface area contributed by atoms with E-state index in [9.17, 15) is 14.4 Å². The van der Waals surface area contributed by atoms with Crippen LogP contribution in [-0.2, 0) is 14.3 Å². The fourth-order valence-corrected chi connectivity index (χ4v) is 3.13. The molecular formula is C21H25N3O4S. The number of rotatable bonds is 9. The van der Waals surface area contributed by atoms with Gasteiger partial charge in [0.2, 0.25) is 0 Å². The van der Waals surface area contributed by atoms with Crippen molar-refractivity contribution in [2.75, 3.05) is 17.3 Å². The Labute approximate surface area is 174 Å². The van der Waals surface area contributed by atoms with Gasteiger partial charge in [-0.15, -0.1) is 0 Å². The lowest BCUT2D eigenvalue weighted by Crippen LogP contribution is -2.46. The minimum Gasteiger partial charge on any atom is -0.451 e. The molecule has 3 amide bonds. The second-order valence-electron chi connectivity index (χ2n) is 6.32. The van der Waals surface area contributed by atoms with Crippen molar-refractivity contribution in [3.8, 4) is 11.1 Å². The zero-order valence-corrected chi connectivity index (χ0v) is 17.2. The average molecular weight is 416 g/mol. The fourth-order valence-electron chi connectivity index (χ4n) is 2.66. The number of hydrogen-bond donors (Lipinski definition) is 3. The maximum Gasteiger partial charge on any atom is 0.329 e. The molecule has 0 aliphatic heterocycles. The van der Waals surface area contributed by atoms with E-state index in [1.54, 1.807) is 6.07 Å². The van der Waals surface area contributed by atoms with Crippen molar-refractivity contribution in [1.82, 2.24) is 5.32 Å². The quantitative estimate of drug-likeness (QED) is 0.545. The average Bonchev–Trinajstić information content (AvgIpc) is 2.71. The summed E-state index contributed by atoms with van der Waals surface area (Å²) in [5, 5.41) is 5.16. The van der Waals surface area contributed by atoms with E-state index in [-0.39, 0.29) is 0 Å². The van der Waals surface area contributed by atoms with E-state index in [0.29, 0.717) is 17.9 Å². The van der Waals surface area contributed by atoms with Crippen molar-refractivity contribution >= 4 is 35.4 Å². The Morgan fingerprint density at radius 3 is 2.38 bits per heavy atom. The number of amides is 3. The molecule has 0 bridgehead atoms. The predicted molar refractivity (Wildman–Crippen MR) is 116 cm³/mol. The number of nitrogens with two attached hydrogens (primary N) is 1. The molecule has 29 heavy (non-hydrogen) atoms. The third kappa shape index (κ3) is 6.83.